The minimum atomic E-state index is -0.820. The van der Waals surface area contributed by atoms with Crippen LogP contribution in [0.1, 0.15) is 30.4 Å². The molecular weight excluding hydrogens is 268 g/mol. The molecule has 0 aromatic heterocycles. The fourth-order valence-corrected chi connectivity index (χ4v) is 2.67. The lowest BCUT2D eigenvalue weighted by atomic mass is 10.0. The molecular formula is C16H22N2O3. The smallest absolute Gasteiger partial charge is 0.320 e. The maximum Gasteiger partial charge on any atom is 0.320 e. The third kappa shape index (κ3) is 4.21. The summed E-state index contributed by atoms with van der Waals surface area (Å²) in [5.41, 5.74) is 2.53. The first-order valence-electron chi connectivity index (χ1n) is 7.36. The Bertz CT molecular complexity index is 516. The largest absolute Gasteiger partial charge is 0.481 e. The quantitative estimate of drug-likeness (QED) is 0.926. The number of benzene rings is 1. The molecule has 1 aromatic rings. The molecule has 1 aliphatic rings. The Hall–Kier alpha value is -2.04. The van der Waals surface area contributed by atoms with Crippen LogP contribution in [0.3, 0.4) is 0 Å². The highest BCUT2D eigenvalue weighted by Gasteiger charge is 2.21. The molecule has 21 heavy (non-hydrogen) atoms. The molecule has 0 radical (unpaired) electrons. The van der Waals surface area contributed by atoms with Crippen molar-refractivity contribution < 1.29 is 14.7 Å². The number of aryl methyl sites for hydroxylation is 1. The Labute approximate surface area is 125 Å². The summed E-state index contributed by atoms with van der Waals surface area (Å²) in [4.78, 5) is 26.4. The molecule has 0 saturated heterocycles. The third-order valence-electron chi connectivity index (χ3n) is 3.83. The SMILES string of the molecule is CN(CCCC(=O)O)C(=O)N1CCCc2ccccc2C1. The lowest BCUT2D eigenvalue weighted by Gasteiger charge is -2.27. The van der Waals surface area contributed by atoms with Crippen molar-refractivity contribution in [2.75, 3.05) is 20.1 Å². The number of carboxylic acid groups (broad SMARTS) is 1. The second kappa shape index (κ2) is 7.11. The molecule has 0 atom stereocenters. The van der Waals surface area contributed by atoms with E-state index in [1.165, 1.54) is 11.1 Å². The minimum absolute atomic E-state index is 0.0166. The Morgan fingerprint density at radius 3 is 2.71 bits per heavy atom. The fourth-order valence-electron chi connectivity index (χ4n) is 2.67. The first kappa shape index (κ1) is 15.4. The number of carbonyl (C=O) groups is 2. The van der Waals surface area contributed by atoms with E-state index in [9.17, 15) is 9.59 Å². The summed E-state index contributed by atoms with van der Waals surface area (Å²) in [6, 6.07) is 8.22. The number of carbonyl (C=O) groups excluding carboxylic acids is 1. The van der Waals surface area contributed by atoms with Gasteiger partial charge in [0.2, 0.25) is 0 Å². The molecule has 2 amide bonds. The number of amides is 2. The molecule has 5 heteroatoms. The monoisotopic (exact) mass is 290 g/mol. The molecule has 2 rings (SSSR count). The van der Waals surface area contributed by atoms with Crippen LogP contribution in [0.25, 0.3) is 0 Å². The van der Waals surface area contributed by atoms with Gasteiger partial charge in [0.05, 0.1) is 0 Å². The third-order valence-corrected chi connectivity index (χ3v) is 3.83. The van der Waals surface area contributed by atoms with E-state index in [2.05, 4.69) is 12.1 Å². The Morgan fingerprint density at radius 1 is 1.29 bits per heavy atom. The zero-order valence-electron chi connectivity index (χ0n) is 12.4. The van der Waals surface area contributed by atoms with Gasteiger partial charge in [-0.05, 0) is 30.4 Å². The van der Waals surface area contributed by atoms with E-state index >= 15 is 0 Å². The number of hydrogen-bond donors (Lipinski definition) is 1. The molecule has 0 aliphatic carbocycles. The molecule has 0 saturated carbocycles. The molecule has 0 unspecified atom stereocenters. The van der Waals surface area contributed by atoms with Crippen LogP contribution in [0, 0.1) is 0 Å². The Balaban J connectivity index is 1.94. The fraction of sp³-hybridized carbons (Fsp3) is 0.500. The second-order valence-corrected chi connectivity index (χ2v) is 5.50. The van der Waals surface area contributed by atoms with E-state index < -0.39 is 5.97 Å². The maximum absolute atomic E-state index is 12.4. The van der Waals surface area contributed by atoms with Crippen molar-refractivity contribution in [2.24, 2.45) is 0 Å². The first-order chi connectivity index (χ1) is 10.1. The van der Waals surface area contributed by atoms with Crippen molar-refractivity contribution in [3.8, 4) is 0 Å². The van der Waals surface area contributed by atoms with Crippen LogP contribution in [0.4, 0.5) is 4.79 Å². The highest BCUT2D eigenvalue weighted by Crippen LogP contribution is 2.19. The molecule has 0 bridgehead atoms. The Morgan fingerprint density at radius 2 is 2.00 bits per heavy atom. The average Bonchev–Trinajstić information content (AvgIpc) is 2.68. The molecule has 0 spiro atoms. The van der Waals surface area contributed by atoms with E-state index in [1.54, 1.807) is 11.9 Å². The summed E-state index contributed by atoms with van der Waals surface area (Å²) in [5.74, 6) is -0.820. The van der Waals surface area contributed by atoms with Crippen molar-refractivity contribution in [3.05, 3.63) is 35.4 Å². The summed E-state index contributed by atoms with van der Waals surface area (Å²) in [7, 11) is 1.74. The van der Waals surface area contributed by atoms with E-state index in [0.717, 1.165) is 19.4 Å². The molecule has 1 aromatic carbocycles. The summed E-state index contributed by atoms with van der Waals surface area (Å²) < 4.78 is 0. The predicted molar refractivity (Wildman–Crippen MR) is 80.1 cm³/mol. The van der Waals surface area contributed by atoms with E-state index in [0.29, 0.717) is 19.5 Å². The number of rotatable bonds is 4. The molecule has 0 fully saturated rings. The van der Waals surface area contributed by atoms with Crippen LogP contribution in [0.5, 0.6) is 0 Å². The maximum atomic E-state index is 12.4. The zero-order chi connectivity index (χ0) is 15.2. The zero-order valence-corrected chi connectivity index (χ0v) is 12.4. The van der Waals surface area contributed by atoms with Crippen LogP contribution in [0.2, 0.25) is 0 Å². The minimum Gasteiger partial charge on any atom is -0.481 e. The van der Waals surface area contributed by atoms with Gasteiger partial charge in [0.25, 0.3) is 0 Å². The van der Waals surface area contributed by atoms with Crippen LogP contribution >= 0.6 is 0 Å². The number of urea groups is 1. The summed E-state index contributed by atoms with van der Waals surface area (Å²) >= 11 is 0. The van der Waals surface area contributed by atoms with Gasteiger partial charge in [-0.25, -0.2) is 4.79 Å². The second-order valence-electron chi connectivity index (χ2n) is 5.50. The van der Waals surface area contributed by atoms with Gasteiger partial charge in [0.1, 0.15) is 0 Å². The van der Waals surface area contributed by atoms with Crippen molar-refractivity contribution >= 4 is 12.0 Å². The number of hydrogen-bond acceptors (Lipinski definition) is 2. The normalized spacial score (nSPS) is 14.2. The van der Waals surface area contributed by atoms with E-state index in [4.69, 9.17) is 5.11 Å². The highest BCUT2D eigenvalue weighted by atomic mass is 16.4. The van der Waals surface area contributed by atoms with Gasteiger partial charge in [0, 0.05) is 33.1 Å². The summed E-state index contributed by atoms with van der Waals surface area (Å²) in [5, 5.41) is 8.65. The summed E-state index contributed by atoms with van der Waals surface area (Å²) in [6.45, 7) is 1.86. The van der Waals surface area contributed by atoms with E-state index in [-0.39, 0.29) is 12.5 Å². The first-order valence-corrected chi connectivity index (χ1v) is 7.36. The molecule has 1 aliphatic heterocycles. The number of carboxylic acids is 1. The molecule has 1 N–H and O–H groups in total. The van der Waals surface area contributed by atoms with Crippen molar-refractivity contribution in [1.29, 1.82) is 0 Å². The van der Waals surface area contributed by atoms with Gasteiger partial charge in [-0.2, -0.15) is 0 Å². The predicted octanol–water partition coefficient (Wildman–Crippen LogP) is 2.35. The van der Waals surface area contributed by atoms with E-state index in [1.807, 2.05) is 17.0 Å². The number of fused-ring (bicyclic) bond motifs is 1. The van der Waals surface area contributed by atoms with Gasteiger partial charge in [-0.15, -0.1) is 0 Å². The highest BCUT2D eigenvalue weighted by molar-refractivity contribution is 5.74. The molecule has 5 nitrogen and oxygen atoms in total. The van der Waals surface area contributed by atoms with Gasteiger partial charge in [0.15, 0.2) is 0 Å². The van der Waals surface area contributed by atoms with Gasteiger partial charge >= 0.3 is 12.0 Å². The number of aliphatic carboxylic acids is 1. The van der Waals surface area contributed by atoms with Crippen molar-refractivity contribution in [2.45, 2.75) is 32.2 Å². The standard InChI is InChI=1S/C16H22N2O3/c1-17(10-5-9-15(19)20)16(21)18-11-4-8-13-6-2-3-7-14(13)12-18/h2-3,6-7H,4-5,8-12H2,1H3,(H,19,20). The van der Waals surface area contributed by atoms with Crippen LogP contribution in [0.15, 0.2) is 24.3 Å². The lowest BCUT2D eigenvalue weighted by molar-refractivity contribution is -0.137. The lowest BCUT2D eigenvalue weighted by Crippen LogP contribution is -2.41. The average molecular weight is 290 g/mol. The Kier molecular flexibility index (Phi) is 5.20. The topological polar surface area (TPSA) is 60.9 Å². The van der Waals surface area contributed by atoms with Crippen molar-refractivity contribution in [3.63, 3.8) is 0 Å². The van der Waals surface area contributed by atoms with Gasteiger partial charge in [-0.1, -0.05) is 24.3 Å². The number of nitrogens with zero attached hydrogens (tertiary/aromatic N) is 2. The van der Waals surface area contributed by atoms with Gasteiger partial charge in [-0.3, -0.25) is 4.79 Å². The van der Waals surface area contributed by atoms with Crippen LogP contribution in [-0.2, 0) is 17.8 Å². The molecule has 114 valence electrons. The van der Waals surface area contributed by atoms with Crippen LogP contribution < -0.4 is 0 Å². The van der Waals surface area contributed by atoms with Crippen LogP contribution in [-0.4, -0.2) is 47.0 Å². The van der Waals surface area contributed by atoms with Crippen molar-refractivity contribution in [1.82, 2.24) is 9.80 Å². The van der Waals surface area contributed by atoms with Gasteiger partial charge < -0.3 is 14.9 Å². The summed E-state index contributed by atoms with van der Waals surface area (Å²) in [6.07, 6.45) is 2.55. The molecule has 1 heterocycles.